The van der Waals surface area contributed by atoms with E-state index in [1.54, 1.807) is 25.6 Å². The molecule has 7 heteroatoms. The maximum absolute atomic E-state index is 13.5. The van der Waals surface area contributed by atoms with E-state index in [-0.39, 0.29) is 17.5 Å². The molecule has 2 heterocycles. The van der Waals surface area contributed by atoms with E-state index in [1.807, 2.05) is 67.8 Å². The fourth-order valence-corrected chi connectivity index (χ4v) is 3.89. The molecule has 0 bridgehead atoms. The molecule has 4 rings (SSSR count). The third-order valence-corrected chi connectivity index (χ3v) is 5.43. The molecule has 4 aromatic rings. The van der Waals surface area contributed by atoms with Crippen molar-refractivity contribution >= 4 is 11.2 Å². The Bertz CT molecular complexity index is 1330. The van der Waals surface area contributed by atoms with Gasteiger partial charge in [0.15, 0.2) is 11.2 Å². The van der Waals surface area contributed by atoms with Crippen molar-refractivity contribution < 1.29 is 4.74 Å². The highest BCUT2D eigenvalue weighted by atomic mass is 16.5. The van der Waals surface area contributed by atoms with E-state index >= 15 is 0 Å². The quantitative estimate of drug-likeness (QED) is 0.479. The summed E-state index contributed by atoms with van der Waals surface area (Å²) in [5.41, 5.74) is 1.56. The SMILES string of the molecule is COc1ccccc1-n1c(=O)n(CC(C)C)c(=O)c2c1ncn2C(C)c1ccccc1. The summed E-state index contributed by atoms with van der Waals surface area (Å²) in [7, 11) is 1.56. The van der Waals surface area contributed by atoms with Crippen LogP contribution in [0.15, 0.2) is 70.5 Å². The topological polar surface area (TPSA) is 71.1 Å². The summed E-state index contributed by atoms with van der Waals surface area (Å²) in [6.45, 7) is 6.29. The third-order valence-electron chi connectivity index (χ3n) is 5.43. The second-order valence-electron chi connectivity index (χ2n) is 8.01. The zero-order valence-corrected chi connectivity index (χ0v) is 18.1. The van der Waals surface area contributed by atoms with Crippen LogP contribution in [0.3, 0.4) is 0 Å². The van der Waals surface area contributed by atoms with Crippen molar-refractivity contribution in [2.24, 2.45) is 5.92 Å². The fourth-order valence-electron chi connectivity index (χ4n) is 3.89. The first kappa shape index (κ1) is 20.7. The van der Waals surface area contributed by atoms with Crippen LogP contribution in [0.1, 0.15) is 32.4 Å². The van der Waals surface area contributed by atoms with Gasteiger partial charge in [-0.25, -0.2) is 14.3 Å². The van der Waals surface area contributed by atoms with Gasteiger partial charge < -0.3 is 9.30 Å². The summed E-state index contributed by atoms with van der Waals surface area (Å²) in [6, 6.07) is 17.0. The fraction of sp³-hybridized carbons (Fsp3) is 0.292. The summed E-state index contributed by atoms with van der Waals surface area (Å²) >= 11 is 0. The summed E-state index contributed by atoms with van der Waals surface area (Å²) in [4.78, 5) is 31.5. The second kappa shape index (κ2) is 8.26. The molecule has 0 radical (unpaired) electrons. The first-order chi connectivity index (χ1) is 14.9. The van der Waals surface area contributed by atoms with Crippen LogP contribution in [-0.2, 0) is 6.54 Å². The molecule has 0 spiro atoms. The first-order valence-electron chi connectivity index (χ1n) is 10.3. The van der Waals surface area contributed by atoms with Crippen molar-refractivity contribution in [2.45, 2.75) is 33.4 Å². The molecule has 160 valence electrons. The van der Waals surface area contributed by atoms with Gasteiger partial charge in [0, 0.05) is 6.54 Å². The minimum atomic E-state index is -0.423. The molecule has 0 saturated carbocycles. The Kier molecular flexibility index (Phi) is 5.50. The lowest BCUT2D eigenvalue weighted by Gasteiger charge is -2.18. The van der Waals surface area contributed by atoms with E-state index in [0.29, 0.717) is 29.1 Å². The highest BCUT2D eigenvalue weighted by Gasteiger charge is 2.23. The predicted octanol–water partition coefficient (Wildman–Crippen LogP) is 3.62. The summed E-state index contributed by atoms with van der Waals surface area (Å²) in [5, 5.41) is 0. The summed E-state index contributed by atoms with van der Waals surface area (Å²) < 4.78 is 10.1. The normalized spacial score (nSPS) is 12.4. The van der Waals surface area contributed by atoms with Crippen LogP contribution >= 0.6 is 0 Å². The molecular formula is C24H26N4O3. The lowest BCUT2D eigenvalue weighted by atomic mass is 10.1. The molecule has 2 aromatic heterocycles. The minimum Gasteiger partial charge on any atom is -0.495 e. The Morgan fingerprint density at radius 2 is 1.65 bits per heavy atom. The van der Waals surface area contributed by atoms with Crippen LogP contribution in [0.25, 0.3) is 16.9 Å². The van der Waals surface area contributed by atoms with Crippen molar-refractivity contribution in [1.82, 2.24) is 18.7 Å². The molecule has 2 aromatic carbocycles. The van der Waals surface area contributed by atoms with Gasteiger partial charge in [0.05, 0.1) is 25.2 Å². The van der Waals surface area contributed by atoms with Gasteiger partial charge in [0.25, 0.3) is 5.56 Å². The number of hydrogen-bond acceptors (Lipinski definition) is 4. The van der Waals surface area contributed by atoms with E-state index in [0.717, 1.165) is 5.56 Å². The molecule has 0 aliphatic heterocycles. The van der Waals surface area contributed by atoms with E-state index in [9.17, 15) is 9.59 Å². The Labute approximate surface area is 180 Å². The lowest BCUT2D eigenvalue weighted by Crippen LogP contribution is -2.41. The monoisotopic (exact) mass is 418 g/mol. The Balaban J connectivity index is 2.08. The second-order valence-corrected chi connectivity index (χ2v) is 8.01. The van der Waals surface area contributed by atoms with Gasteiger partial charge in [-0.05, 0) is 30.5 Å². The predicted molar refractivity (Wildman–Crippen MR) is 121 cm³/mol. The minimum absolute atomic E-state index is 0.122. The van der Waals surface area contributed by atoms with Gasteiger partial charge in [-0.1, -0.05) is 56.3 Å². The van der Waals surface area contributed by atoms with Crippen LogP contribution in [-0.4, -0.2) is 25.8 Å². The Morgan fingerprint density at radius 3 is 2.32 bits per heavy atom. The van der Waals surface area contributed by atoms with E-state index in [1.165, 1.54) is 9.13 Å². The molecule has 1 atom stereocenters. The van der Waals surface area contributed by atoms with Crippen LogP contribution in [0.5, 0.6) is 5.75 Å². The average Bonchev–Trinajstić information content (AvgIpc) is 3.22. The average molecular weight is 418 g/mol. The van der Waals surface area contributed by atoms with Crippen LogP contribution in [0.2, 0.25) is 0 Å². The van der Waals surface area contributed by atoms with Crippen molar-refractivity contribution in [2.75, 3.05) is 7.11 Å². The molecule has 0 N–H and O–H groups in total. The molecule has 1 unspecified atom stereocenters. The van der Waals surface area contributed by atoms with Crippen LogP contribution in [0, 0.1) is 5.92 Å². The first-order valence-corrected chi connectivity index (χ1v) is 10.3. The number of rotatable bonds is 6. The molecular weight excluding hydrogens is 392 g/mol. The van der Waals surface area contributed by atoms with Gasteiger partial charge in [0.1, 0.15) is 5.75 Å². The van der Waals surface area contributed by atoms with E-state index in [4.69, 9.17) is 4.74 Å². The molecule has 7 nitrogen and oxygen atoms in total. The number of aromatic nitrogens is 4. The molecule has 0 saturated heterocycles. The van der Waals surface area contributed by atoms with Crippen molar-refractivity contribution in [3.63, 3.8) is 0 Å². The molecule has 31 heavy (non-hydrogen) atoms. The third kappa shape index (κ3) is 3.56. The smallest absolute Gasteiger partial charge is 0.337 e. The number of ether oxygens (including phenoxy) is 1. The number of nitrogens with zero attached hydrogens (tertiary/aromatic N) is 4. The van der Waals surface area contributed by atoms with E-state index < -0.39 is 5.69 Å². The lowest BCUT2D eigenvalue weighted by molar-refractivity contribution is 0.411. The highest BCUT2D eigenvalue weighted by molar-refractivity contribution is 5.73. The maximum Gasteiger partial charge on any atom is 0.337 e. The van der Waals surface area contributed by atoms with Crippen LogP contribution in [0.4, 0.5) is 0 Å². The largest absolute Gasteiger partial charge is 0.495 e. The van der Waals surface area contributed by atoms with Gasteiger partial charge >= 0.3 is 5.69 Å². The summed E-state index contributed by atoms with van der Waals surface area (Å²) in [5.74, 6) is 0.656. The number of hydrogen-bond donors (Lipinski definition) is 0. The molecule has 0 amide bonds. The van der Waals surface area contributed by atoms with Crippen molar-refractivity contribution in [3.05, 3.63) is 87.3 Å². The molecule has 0 aliphatic rings. The van der Waals surface area contributed by atoms with Crippen molar-refractivity contribution in [3.8, 4) is 11.4 Å². The van der Waals surface area contributed by atoms with Gasteiger partial charge in [0.2, 0.25) is 0 Å². The van der Waals surface area contributed by atoms with Gasteiger partial charge in [-0.3, -0.25) is 9.36 Å². The highest BCUT2D eigenvalue weighted by Crippen LogP contribution is 2.25. The zero-order valence-electron chi connectivity index (χ0n) is 18.1. The number of benzene rings is 2. The maximum atomic E-state index is 13.5. The number of fused-ring (bicyclic) bond motifs is 1. The number of imidazole rings is 1. The standard InChI is InChI=1S/C24H26N4O3/c1-16(2)14-26-23(29)21-22(25-15-27(21)17(3)18-10-6-5-7-11-18)28(24(26)30)19-12-8-9-13-20(19)31-4/h5-13,15-17H,14H2,1-4H3. The van der Waals surface area contributed by atoms with Gasteiger partial charge in [-0.2, -0.15) is 0 Å². The zero-order chi connectivity index (χ0) is 22.1. The number of para-hydroxylation sites is 2. The van der Waals surface area contributed by atoms with Gasteiger partial charge in [-0.15, -0.1) is 0 Å². The summed E-state index contributed by atoms with van der Waals surface area (Å²) in [6.07, 6.45) is 1.63. The Hall–Kier alpha value is -3.61. The van der Waals surface area contributed by atoms with Crippen molar-refractivity contribution in [1.29, 1.82) is 0 Å². The molecule has 0 aliphatic carbocycles. The van der Waals surface area contributed by atoms with E-state index in [2.05, 4.69) is 4.98 Å². The number of methoxy groups -OCH3 is 1. The Morgan fingerprint density at radius 1 is 0.968 bits per heavy atom. The van der Waals surface area contributed by atoms with Crippen LogP contribution < -0.4 is 16.0 Å². The molecule has 0 fully saturated rings.